The van der Waals surface area contributed by atoms with Gasteiger partial charge in [0.2, 0.25) is 11.8 Å². The third kappa shape index (κ3) is 4.80. The average molecular weight is 464 g/mol. The van der Waals surface area contributed by atoms with Crippen molar-refractivity contribution in [1.82, 2.24) is 19.9 Å². The molecule has 0 saturated carbocycles. The number of aromatic nitrogens is 3. The number of nitrogens with zero attached hydrogens (tertiary/aromatic N) is 5. The summed E-state index contributed by atoms with van der Waals surface area (Å²) < 4.78 is 17.4. The minimum absolute atomic E-state index is 0.0453. The molecule has 9 nitrogen and oxygen atoms in total. The molecule has 0 radical (unpaired) electrons. The van der Waals surface area contributed by atoms with Crippen LogP contribution in [-0.2, 0) is 14.3 Å². The van der Waals surface area contributed by atoms with Gasteiger partial charge in [-0.25, -0.2) is 9.97 Å². The molecule has 2 fully saturated rings. The summed E-state index contributed by atoms with van der Waals surface area (Å²) >= 11 is 0. The van der Waals surface area contributed by atoms with Gasteiger partial charge in [0.25, 0.3) is 0 Å². The number of carbonyl (C=O) groups excluding carboxylic acids is 1. The standard InChI is InChI=1S/C25H29N5O4/c1-29(2)19-5-3-17(4-6-19)21-13-22-23(27-9-8-26-22)24(28-21)34-16-20-14-30(10-12-33-20)25(31)18-7-11-32-15-18/h3-6,8-9,13,18,20H,7,10-12,14-16H2,1-2H3/t18-,20+/m1/s1. The molecule has 2 aliphatic heterocycles. The second kappa shape index (κ2) is 9.90. The first-order valence-corrected chi connectivity index (χ1v) is 11.6. The molecule has 9 heteroatoms. The Bertz CT molecular complexity index is 1150. The third-order valence-corrected chi connectivity index (χ3v) is 6.24. The number of ether oxygens (including phenoxy) is 3. The lowest BCUT2D eigenvalue weighted by Crippen LogP contribution is -2.49. The highest BCUT2D eigenvalue weighted by Crippen LogP contribution is 2.28. The molecule has 5 rings (SSSR count). The Morgan fingerprint density at radius 1 is 1.18 bits per heavy atom. The zero-order chi connectivity index (χ0) is 23.5. The Hall–Kier alpha value is -3.30. The zero-order valence-corrected chi connectivity index (χ0v) is 19.5. The Morgan fingerprint density at radius 3 is 2.76 bits per heavy atom. The molecule has 2 aliphatic rings. The van der Waals surface area contributed by atoms with Gasteiger partial charge in [0.15, 0.2) is 5.52 Å². The van der Waals surface area contributed by atoms with Crippen LogP contribution in [0.1, 0.15) is 6.42 Å². The fourth-order valence-corrected chi connectivity index (χ4v) is 4.30. The summed E-state index contributed by atoms with van der Waals surface area (Å²) in [4.78, 5) is 30.3. The minimum Gasteiger partial charge on any atom is -0.473 e. The number of morpholine rings is 1. The van der Waals surface area contributed by atoms with Crippen molar-refractivity contribution in [3.8, 4) is 17.1 Å². The third-order valence-electron chi connectivity index (χ3n) is 6.24. The van der Waals surface area contributed by atoms with Crippen molar-refractivity contribution in [2.75, 3.05) is 58.5 Å². The molecule has 2 aromatic heterocycles. The molecule has 0 unspecified atom stereocenters. The van der Waals surface area contributed by atoms with E-state index >= 15 is 0 Å². The Labute approximate surface area is 198 Å². The minimum atomic E-state index is -0.239. The fourth-order valence-electron chi connectivity index (χ4n) is 4.30. The number of carbonyl (C=O) groups is 1. The molecule has 2 saturated heterocycles. The summed E-state index contributed by atoms with van der Waals surface area (Å²) in [6, 6.07) is 10.1. The first-order chi connectivity index (χ1) is 16.6. The molecule has 2 atom stereocenters. The van der Waals surface area contributed by atoms with E-state index in [-0.39, 0.29) is 24.5 Å². The molecule has 34 heavy (non-hydrogen) atoms. The molecule has 178 valence electrons. The normalized spacial score (nSPS) is 20.5. The van der Waals surface area contributed by atoms with Crippen LogP contribution in [0.25, 0.3) is 22.3 Å². The van der Waals surface area contributed by atoms with Crippen molar-refractivity contribution in [1.29, 1.82) is 0 Å². The first kappa shape index (κ1) is 22.5. The SMILES string of the molecule is CN(C)c1ccc(-c2cc3nccnc3c(OC[C@@H]3CN(C(=O)[C@@H]4CCOC4)CCO3)n2)cc1. The monoisotopic (exact) mass is 463 g/mol. The highest BCUT2D eigenvalue weighted by atomic mass is 16.5. The van der Waals surface area contributed by atoms with E-state index in [9.17, 15) is 4.79 Å². The maximum absolute atomic E-state index is 12.8. The number of anilines is 1. The molecule has 0 spiro atoms. The van der Waals surface area contributed by atoms with Crippen molar-refractivity contribution >= 4 is 22.6 Å². The highest BCUT2D eigenvalue weighted by molar-refractivity contribution is 5.83. The molecule has 1 aromatic carbocycles. The van der Waals surface area contributed by atoms with Crippen molar-refractivity contribution in [2.45, 2.75) is 12.5 Å². The van der Waals surface area contributed by atoms with Crippen LogP contribution in [0.2, 0.25) is 0 Å². The highest BCUT2D eigenvalue weighted by Gasteiger charge is 2.32. The summed E-state index contributed by atoms with van der Waals surface area (Å²) in [5.41, 5.74) is 4.15. The summed E-state index contributed by atoms with van der Waals surface area (Å²) in [5.74, 6) is 0.507. The molecule has 4 heterocycles. The second-order valence-electron chi connectivity index (χ2n) is 8.83. The van der Waals surface area contributed by atoms with E-state index in [2.05, 4.69) is 27.0 Å². The molecule has 0 bridgehead atoms. The van der Waals surface area contributed by atoms with Gasteiger partial charge in [-0.15, -0.1) is 0 Å². The van der Waals surface area contributed by atoms with Crippen molar-refractivity contribution in [3.63, 3.8) is 0 Å². The van der Waals surface area contributed by atoms with Crippen LogP contribution in [0.15, 0.2) is 42.7 Å². The summed E-state index contributed by atoms with van der Waals surface area (Å²) in [6.45, 7) is 3.00. The van der Waals surface area contributed by atoms with E-state index in [1.54, 1.807) is 12.4 Å². The van der Waals surface area contributed by atoms with Crippen LogP contribution in [0.5, 0.6) is 5.88 Å². The first-order valence-electron chi connectivity index (χ1n) is 11.6. The molecule has 0 N–H and O–H groups in total. The molecular formula is C25H29N5O4. The van der Waals surface area contributed by atoms with Gasteiger partial charge < -0.3 is 24.0 Å². The number of amides is 1. The van der Waals surface area contributed by atoms with Crippen LogP contribution >= 0.6 is 0 Å². The maximum Gasteiger partial charge on any atom is 0.242 e. The largest absolute Gasteiger partial charge is 0.473 e. The van der Waals surface area contributed by atoms with Crippen molar-refractivity contribution in [2.24, 2.45) is 5.92 Å². The van der Waals surface area contributed by atoms with Crippen molar-refractivity contribution in [3.05, 3.63) is 42.7 Å². The number of rotatable bonds is 6. The quantitative estimate of drug-likeness (QED) is 0.551. The lowest BCUT2D eigenvalue weighted by Gasteiger charge is -2.34. The maximum atomic E-state index is 12.8. The molecule has 1 amide bonds. The molecular weight excluding hydrogens is 434 g/mol. The van der Waals surface area contributed by atoms with Gasteiger partial charge >= 0.3 is 0 Å². The van der Waals surface area contributed by atoms with Gasteiger partial charge in [0, 0.05) is 50.9 Å². The van der Waals surface area contributed by atoms with Crippen molar-refractivity contribution < 1.29 is 19.0 Å². The van der Waals surface area contributed by atoms with Crippen LogP contribution in [-0.4, -0.2) is 85.5 Å². The fraction of sp³-hybridized carbons (Fsp3) is 0.440. The van der Waals surface area contributed by atoms with Crippen LogP contribution in [0.4, 0.5) is 5.69 Å². The lowest BCUT2D eigenvalue weighted by molar-refractivity contribution is -0.144. The lowest BCUT2D eigenvalue weighted by atomic mass is 10.1. The van der Waals surface area contributed by atoms with E-state index in [0.717, 1.165) is 23.4 Å². The van der Waals surface area contributed by atoms with Gasteiger partial charge in [-0.1, -0.05) is 12.1 Å². The van der Waals surface area contributed by atoms with E-state index in [4.69, 9.17) is 19.2 Å². The average Bonchev–Trinajstić information content (AvgIpc) is 3.42. The van der Waals surface area contributed by atoms with Gasteiger partial charge in [-0.05, 0) is 24.6 Å². The predicted molar refractivity (Wildman–Crippen MR) is 128 cm³/mol. The van der Waals surface area contributed by atoms with Crippen LogP contribution in [0, 0.1) is 5.92 Å². The zero-order valence-electron chi connectivity index (χ0n) is 19.5. The number of benzene rings is 1. The van der Waals surface area contributed by atoms with Crippen LogP contribution < -0.4 is 9.64 Å². The smallest absolute Gasteiger partial charge is 0.242 e. The van der Waals surface area contributed by atoms with Gasteiger partial charge in [0.05, 0.1) is 36.9 Å². The Kier molecular flexibility index (Phi) is 6.55. The number of pyridine rings is 1. The molecule has 3 aromatic rings. The van der Waals surface area contributed by atoms with Gasteiger partial charge in [-0.3, -0.25) is 9.78 Å². The number of hydrogen-bond donors (Lipinski definition) is 0. The second-order valence-corrected chi connectivity index (χ2v) is 8.83. The van der Waals surface area contributed by atoms with E-state index in [1.165, 1.54) is 0 Å². The number of fused-ring (bicyclic) bond motifs is 1. The molecule has 0 aliphatic carbocycles. The number of hydrogen-bond acceptors (Lipinski definition) is 8. The summed E-state index contributed by atoms with van der Waals surface area (Å²) in [5, 5.41) is 0. The Morgan fingerprint density at radius 2 is 2.00 bits per heavy atom. The topological polar surface area (TPSA) is 89.9 Å². The summed E-state index contributed by atoms with van der Waals surface area (Å²) in [6.07, 6.45) is 3.83. The van der Waals surface area contributed by atoms with E-state index in [1.807, 2.05) is 37.2 Å². The van der Waals surface area contributed by atoms with Crippen LogP contribution in [0.3, 0.4) is 0 Å². The van der Waals surface area contributed by atoms with E-state index < -0.39 is 0 Å². The predicted octanol–water partition coefficient (Wildman–Crippen LogP) is 2.40. The van der Waals surface area contributed by atoms with Gasteiger partial charge in [0.1, 0.15) is 12.7 Å². The van der Waals surface area contributed by atoms with E-state index in [0.29, 0.717) is 49.8 Å². The van der Waals surface area contributed by atoms with Gasteiger partial charge in [-0.2, -0.15) is 0 Å². The Balaban J connectivity index is 1.33. The summed E-state index contributed by atoms with van der Waals surface area (Å²) in [7, 11) is 4.02.